The van der Waals surface area contributed by atoms with Crippen LogP contribution in [0, 0.1) is 12.7 Å². The van der Waals surface area contributed by atoms with Crippen molar-refractivity contribution in [3.8, 4) is 28.9 Å². The molecule has 0 bridgehead atoms. The molecule has 0 amide bonds. The number of ether oxygens (including phenoxy) is 3. The second-order valence-electron chi connectivity index (χ2n) is 14.1. The van der Waals surface area contributed by atoms with Crippen molar-refractivity contribution in [2.24, 2.45) is 0 Å². The normalized spacial score (nSPS) is 20.1. The smallest absolute Gasteiger partial charge is 0.317 e. The van der Waals surface area contributed by atoms with Gasteiger partial charge in [0.15, 0.2) is 5.82 Å². The summed E-state index contributed by atoms with van der Waals surface area (Å²) < 4.78 is 48.0. The zero-order valence-electron chi connectivity index (χ0n) is 29.2. The Balaban J connectivity index is 1.16. The molecule has 3 aromatic heterocycles. The SMILES string of the molecule is COc1ccc(CN(Cc2ccc(OC)cc2)c2cc(C)c(C3CC3)c(-c3ncc4cnc(OC[C@@]56CCCN5C[C@H](F)C6)nc4c3F)n2)cc1. The van der Waals surface area contributed by atoms with Crippen molar-refractivity contribution in [1.29, 1.82) is 0 Å². The summed E-state index contributed by atoms with van der Waals surface area (Å²) in [6.45, 7) is 4.76. The van der Waals surface area contributed by atoms with Crippen molar-refractivity contribution in [3.63, 3.8) is 0 Å². The maximum atomic E-state index is 16.8. The molecule has 2 saturated heterocycles. The number of fused-ring (bicyclic) bond motifs is 2. The molecule has 2 aliphatic heterocycles. The van der Waals surface area contributed by atoms with Gasteiger partial charge in [-0.05, 0) is 97.7 Å². The highest BCUT2D eigenvalue weighted by atomic mass is 19.1. The molecule has 8 rings (SSSR count). The molecule has 1 aliphatic carbocycles. The van der Waals surface area contributed by atoms with E-state index in [2.05, 4.69) is 37.7 Å². The summed E-state index contributed by atoms with van der Waals surface area (Å²) >= 11 is 0. The standard InChI is InChI=1S/C40H42F2N6O3/c1-25-17-33(47(21-26-5-11-31(49-2)12-6-26)22-27-7-13-32(50-3)14-8-27)45-37(34(25)28-9-10-28)38-35(42)36-29(19-43-38)20-44-39(46-36)51-24-40-15-4-16-48(40)23-30(41)18-40/h5-8,11-14,17,19-20,28,30H,4,9-10,15-16,18,21-24H2,1-3H3/t30-,40+/m1/s1. The van der Waals surface area contributed by atoms with Crippen molar-refractivity contribution in [2.75, 3.05) is 38.8 Å². The summed E-state index contributed by atoms with van der Waals surface area (Å²) in [6.07, 6.45) is 6.61. The maximum absolute atomic E-state index is 16.8. The minimum absolute atomic E-state index is 0.0764. The van der Waals surface area contributed by atoms with E-state index in [1.54, 1.807) is 20.4 Å². The molecule has 5 aromatic rings. The lowest BCUT2D eigenvalue weighted by Crippen LogP contribution is -2.43. The van der Waals surface area contributed by atoms with Gasteiger partial charge in [0, 0.05) is 43.8 Å². The van der Waals surface area contributed by atoms with Gasteiger partial charge in [-0.25, -0.2) is 18.7 Å². The second-order valence-corrected chi connectivity index (χ2v) is 14.1. The fourth-order valence-corrected chi connectivity index (χ4v) is 7.85. The molecular formula is C40H42F2N6O3. The summed E-state index contributed by atoms with van der Waals surface area (Å²) in [7, 11) is 3.31. The van der Waals surface area contributed by atoms with E-state index in [9.17, 15) is 4.39 Å². The number of methoxy groups -OCH3 is 2. The first kappa shape index (κ1) is 33.3. The molecule has 0 radical (unpaired) electrons. The lowest BCUT2D eigenvalue weighted by molar-refractivity contribution is 0.107. The van der Waals surface area contributed by atoms with Crippen LogP contribution < -0.4 is 19.1 Å². The Morgan fingerprint density at radius 3 is 2.22 bits per heavy atom. The third-order valence-electron chi connectivity index (χ3n) is 10.6. The quantitative estimate of drug-likeness (QED) is 0.131. The molecule has 3 aliphatic rings. The Morgan fingerprint density at radius 2 is 1.57 bits per heavy atom. The summed E-state index contributed by atoms with van der Waals surface area (Å²) in [5, 5.41) is 0.468. The Hall–Kier alpha value is -4.90. The first-order chi connectivity index (χ1) is 24.8. The van der Waals surface area contributed by atoms with Crippen LogP contribution in [0.1, 0.15) is 60.3 Å². The van der Waals surface area contributed by atoms with E-state index in [0.717, 1.165) is 71.8 Å². The van der Waals surface area contributed by atoms with E-state index in [-0.39, 0.29) is 29.4 Å². The minimum Gasteiger partial charge on any atom is -0.497 e. The zero-order chi connectivity index (χ0) is 35.1. The summed E-state index contributed by atoms with van der Waals surface area (Å²) in [4.78, 5) is 23.1. The first-order valence-corrected chi connectivity index (χ1v) is 17.7. The molecule has 0 N–H and O–H groups in total. The first-order valence-electron chi connectivity index (χ1n) is 17.7. The zero-order valence-corrected chi connectivity index (χ0v) is 29.2. The largest absolute Gasteiger partial charge is 0.497 e. The van der Waals surface area contributed by atoms with Gasteiger partial charge >= 0.3 is 6.01 Å². The molecule has 264 valence electrons. The predicted molar refractivity (Wildman–Crippen MR) is 192 cm³/mol. The van der Waals surface area contributed by atoms with Gasteiger partial charge in [0.2, 0.25) is 0 Å². The molecule has 9 nitrogen and oxygen atoms in total. The van der Waals surface area contributed by atoms with Crippen LogP contribution in [0.25, 0.3) is 22.3 Å². The number of hydrogen-bond acceptors (Lipinski definition) is 9. The van der Waals surface area contributed by atoms with Gasteiger partial charge in [0.05, 0.1) is 25.5 Å². The Labute approximate surface area is 296 Å². The molecule has 11 heteroatoms. The van der Waals surface area contributed by atoms with Crippen molar-refractivity contribution in [2.45, 2.75) is 69.7 Å². The molecule has 1 saturated carbocycles. The van der Waals surface area contributed by atoms with Crippen molar-refractivity contribution in [1.82, 2.24) is 24.8 Å². The molecule has 0 unspecified atom stereocenters. The van der Waals surface area contributed by atoms with Crippen molar-refractivity contribution in [3.05, 3.63) is 95.1 Å². The Kier molecular flexibility index (Phi) is 8.91. The summed E-state index contributed by atoms with van der Waals surface area (Å²) in [5.74, 6) is 2.02. The molecule has 51 heavy (non-hydrogen) atoms. The van der Waals surface area contributed by atoms with Gasteiger partial charge in [-0.1, -0.05) is 24.3 Å². The molecule has 2 aromatic carbocycles. The number of aromatic nitrogens is 4. The van der Waals surface area contributed by atoms with E-state index in [1.807, 2.05) is 48.5 Å². The van der Waals surface area contributed by atoms with Gasteiger partial charge in [-0.15, -0.1) is 0 Å². The number of benzene rings is 2. The van der Waals surface area contributed by atoms with Crippen LogP contribution in [0.15, 0.2) is 67.0 Å². The van der Waals surface area contributed by atoms with Gasteiger partial charge in [-0.2, -0.15) is 4.98 Å². The number of halogens is 2. The van der Waals surface area contributed by atoms with Crippen LogP contribution in [-0.4, -0.2) is 70.5 Å². The van der Waals surface area contributed by atoms with E-state index in [0.29, 0.717) is 43.1 Å². The number of anilines is 1. The predicted octanol–water partition coefficient (Wildman–Crippen LogP) is 7.59. The van der Waals surface area contributed by atoms with Crippen LogP contribution in [0.4, 0.5) is 14.6 Å². The molecule has 0 spiro atoms. The molecular weight excluding hydrogens is 650 g/mol. The number of hydrogen-bond donors (Lipinski definition) is 0. The lowest BCUT2D eigenvalue weighted by atomic mass is 9.95. The van der Waals surface area contributed by atoms with E-state index >= 15 is 4.39 Å². The number of alkyl halides is 1. The highest BCUT2D eigenvalue weighted by Crippen LogP contribution is 2.47. The van der Waals surface area contributed by atoms with Crippen LogP contribution >= 0.6 is 0 Å². The van der Waals surface area contributed by atoms with E-state index < -0.39 is 12.0 Å². The number of nitrogens with zero attached hydrogens (tertiary/aromatic N) is 6. The lowest BCUT2D eigenvalue weighted by Gasteiger charge is -2.30. The second kappa shape index (κ2) is 13.7. The number of pyridine rings is 2. The van der Waals surface area contributed by atoms with E-state index in [4.69, 9.17) is 19.2 Å². The Morgan fingerprint density at radius 1 is 0.902 bits per heavy atom. The van der Waals surface area contributed by atoms with Gasteiger partial charge in [0.25, 0.3) is 0 Å². The average Bonchev–Trinajstić information content (AvgIpc) is 3.83. The van der Waals surface area contributed by atoms with Gasteiger partial charge in [0.1, 0.15) is 41.3 Å². The van der Waals surface area contributed by atoms with Crippen LogP contribution in [-0.2, 0) is 13.1 Å². The topological polar surface area (TPSA) is 85.7 Å². The summed E-state index contributed by atoms with van der Waals surface area (Å²) in [6, 6.07) is 18.2. The highest BCUT2D eigenvalue weighted by molar-refractivity contribution is 5.83. The minimum atomic E-state index is -0.867. The third kappa shape index (κ3) is 6.67. The number of rotatable bonds is 12. The van der Waals surface area contributed by atoms with Crippen molar-refractivity contribution >= 4 is 16.7 Å². The molecule has 5 heterocycles. The fraction of sp³-hybridized carbons (Fsp3) is 0.400. The van der Waals surface area contributed by atoms with E-state index in [1.165, 1.54) is 6.20 Å². The Bertz CT molecular complexity index is 1990. The monoisotopic (exact) mass is 692 g/mol. The highest BCUT2D eigenvalue weighted by Gasteiger charge is 2.49. The van der Waals surface area contributed by atoms with Crippen molar-refractivity contribution < 1.29 is 23.0 Å². The average molecular weight is 693 g/mol. The fourth-order valence-electron chi connectivity index (χ4n) is 7.85. The van der Waals surface area contributed by atoms with Gasteiger partial charge < -0.3 is 19.1 Å². The molecule has 3 fully saturated rings. The van der Waals surface area contributed by atoms with Crippen LogP contribution in [0.5, 0.6) is 17.5 Å². The number of aryl methyl sites for hydroxylation is 1. The third-order valence-corrected chi connectivity index (χ3v) is 10.6. The van der Waals surface area contributed by atoms with Crippen LogP contribution in [0.2, 0.25) is 0 Å². The maximum Gasteiger partial charge on any atom is 0.317 e. The summed E-state index contributed by atoms with van der Waals surface area (Å²) in [5.41, 5.74) is 4.68. The van der Waals surface area contributed by atoms with Crippen LogP contribution in [0.3, 0.4) is 0 Å². The van der Waals surface area contributed by atoms with Gasteiger partial charge in [-0.3, -0.25) is 9.88 Å². The molecule has 2 atom stereocenters.